The summed E-state index contributed by atoms with van der Waals surface area (Å²) in [6.07, 6.45) is 2.12. The number of nitrogens with one attached hydrogen (secondary N) is 1. The van der Waals surface area contributed by atoms with Crippen molar-refractivity contribution in [1.82, 2.24) is 0 Å². The van der Waals surface area contributed by atoms with Crippen molar-refractivity contribution in [2.75, 3.05) is 29.9 Å². The first-order chi connectivity index (χ1) is 12.0. The van der Waals surface area contributed by atoms with Gasteiger partial charge in [-0.1, -0.05) is 29.3 Å². The molecule has 0 spiro atoms. The molecule has 1 heterocycles. The molecule has 25 heavy (non-hydrogen) atoms. The zero-order valence-corrected chi connectivity index (χ0v) is 14.9. The zero-order chi connectivity index (χ0) is 17.8. The van der Waals surface area contributed by atoms with Gasteiger partial charge in [-0.05, 0) is 43.2 Å². The van der Waals surface area contributed by atoms with E-state index in [0.717, 1.165) is 25.9 Å². The normalized spacial score (nSPS) is 13.8. The molecule has 132 valence electrons. The van der Waals surface area contributed by atoms with Gasteiger partial charge in [-0.2, -0.15) is 0 Å². The van der Waals surface area contributed by atoms with Gasteiger partial charge in [-0.3, -0.25) is 4.79 Å². The van der Waals surface area contributed by atoms with Crippen LogP contribution in [0.4, 0.5) is 15.8 Å². The topological polar surface area (TPSA) is 41.6 Å². The first-order valence-electron chi connectivity index (χ1n) is 7.96. The van der Waals surface area contributed by atoms with E-state index in [4.69, 9.17) is 27.9 Å². The van der Waals surface area contributed by atoms with Crippen LogP contribution in [0.3, 0.4) is 0 Å². The number of benzene rings is 2. The number of amides is 1. The Labute approximate surface area is 155 Å². The highest BCUT2D eigenvalue weighted by Gasteiger charge is 2.19. The molecule has 4 nitrogen and oxygen atoms in total. The second kappa shape index (κ2) is 7.93. The summed E-state index contributed by atoms with van der Waals surface area (Å²) in [5, 5.41) is 3.39. The monoisotopic (exact) mass is 382 g/mol. The van der Waals surface area contributed by atoms with Crippen molar-refractivity contribution in [1.29, 1.82) is 0 Å². The number of carbonyl (C=O) groups is 1. The van der Waals surface area contributed by atoms with Gasteiger partial charge < -0.3 is 15.0 Å². The summed E-state index contributed by atoms with van der Waals surface area (Å²) < 4.78 is 19.6. The lowest BCUT2D eigenvalue weighted by atomic mass is 10.2. The quantitative estimate of drug-likeness (QED) is 0.810. The number of anilines is 2. The van der Waals surface area contributed by atoms with Gasteiger partial charge in [0.2, 0.25) is 0 Å². The molecular weight excluding hydrogens is 366 g/mol. The van der Waals surface area contributed by atoms with Crippen molar-refractivity contribution in [3.05, 3.63) is 52.3 Å². The molecule has 1 saturated heterocycles. The zero-order valence-electron chi connectivity index (χ0n) is 13.4. The second-order valence-corrected chi connectivity index (χ2v) is 6.58. The van der Waals surface area contributed by atoms with E-state index in [0.29, 0.717) is 21.5 Å². The molecule has 2 aromatic carbocycles. The van der Waals surface area contributed by atoms with Crippen LogP contribution in [-0.2, 0) is 4.79 Å². The molecule has 0 radical (unpaired) electrons. The predicted octanol–water partition coefficient (Wildman–Crippen LogP) is 4.75. The van der Waals surface area contributed by atoms with E-state index < -0.39 is 11.7 Å². The lowest BCUT2D eigenvalue weighted by Gasteiger charge is -2.22. The molecule has 1 amide bonds. The van der Waals surface area contributed by atoms with Crippen LogP contribution in [0, 0.1) is 5.82 Å². The maximum Gasteiger partial charge on any atom is 0.262 e. The number of nitrogens with zero attached hydrogens (tertiary/aromatic N) is 1. The van der Waals surface area contributed by atoms with Gasteiger partial charge in [0, 0.05) is 18.1 Å². The number of halogens is 3. The molecule has 2 aromatic rings. The molecule has 0 bridgehead atoms. The fourth-order valence-corrected chi connectivity index (χ4v) is 3.23. The number of ether oxygens (including phenoxy) is 1. The summed E-state index contributed by atoms with van der Waals surface area (Å²) in [5.41, 5.74) is 0.871. The lowest BCUT2D eigenvalue weighted by molar-refractivity contribution is -0.118. The Morgan fingerprint density at radius 1 is 1.20 bits per heavy atom. The molecule has 1 N–H and O–H groups in total. The highest BCUT2D eigenvalue weighted by Crippen LogP contribution is 2.31. The largest absolute Gasteiger partial charge is 0.482 e. The van der Waals surface area contributed by atoms with Crippen LogP contribution in [0.25, 0.3) is 0 Å². The maximum absolute atomic E-state index is 14.2. The van der Waals surface area contributed by atoms with Gasteiger partial charge in [0.05, 0.1) is 10.7 Å². The standard InChI is InChI=1S/C18H17Cl2FN2O2/c19-12-6-7-16(13(20)10-12)25-11-17(24)22-18-14(21)4-3-5-15(18)23-8-1-2-9-23/h3-7,10H,1-2,8-9,11H2,(H,22,24). The fraction of sp³-hybridized carbons (Fsp3) is 0.278. The third kappa shape index (κ3) is 4.35. The van der Waals surface area contributed by atoms with Gasteiger partial charge in [-0.25, -0.2) is 4.39 Å². The minimum Gasteiger partial charge on any atom is -0.482 e. The number of carbonyl (C=O) groups excluding carboxylic acids is 1. The summed E-state index contributed by atoms with van der Waals surface area (Å²) in [7, 11) is 0. The van der Waals surface area contributed by atoms with E-state index in [1.165, 1.54) is 12.1 Å². The average Bonchev–Trinajstić information content (AvgIpc) is 3.10. The summed E-state index contributed by atoms with van der Waals surface area (Å²) in [6, 6.07) is 9.49. The van der Waals surface area contributed by atoms with Crippen LogP contribution in [0.15, 0.2) is 36.4 Å². The first-order valence-corrected chi connectivity index (χ1v) is 8.71. The number of hydrogen-bond donors (Lipinski definition) is 1. The van der Waals surface area contributed by atoms with Crippen molar-refractivity contribution in [2.24, 2.45) is 0 Å². The number of hydrogen-bond acceptors (Lipinski definition) is 3. The van der Waals surface area contributed by atoms with E-state index >= 15 is 0 Å². The van der Waals surface area contributed by atoms with Gasteiger partial charge in [0.25, 0.3) is 5.91 Å². The minimum absolute atomic E-state index is 0.181. The van der Waals surface area contributed by atoms with Crippen LogP contribution >= 0.6 is 23.2 Å². The van der Waals surface area contributed by atoms with Crippen LogP contribution in [0.2, 0.25) is 10.0 Å². The van der Waals surface area contributed by atoms with Gasteiger partial charge in [0.15, 0.2) is 6.61 Å². The Hall–Kier alpha value is -1.98. The lowest BCUT2D eigenvalue weighted by Crippen LogP contribution is -2.24. The fourth-order valence-electron chi connectivity index (χ4n) is 2.77. The van der Waals surface area contributed by atoms with E-state index in [9.17, 15) is 9.18 Å². The Morgan fingerprint density at radius 3 is 2.68 bits per heavy atom. The molecule has 0 atom stereocenters. The molecule has 1 aliphatic heterocycles. The van der Waals surface area contributed by atoms with Crippen molar-refractivity contribution >= 4 is 40.5 Å². The molecule has 0 unspecified atom stereocenters. The van der Waals surface area contributed by atoms with E-state index in [-0.39, 0.29) is 12.3 Å². The van der Waals surface area contributed by atoms with Gasteiger partial charge in [0.1, 0.15) is 17.3 Å². The number of rotatable bonds is 5. The molecule has 3 rings (SSSR count). The highest BCUT2D eigenvalue weighted by atomic mass is 35.5. The first kappa shape index (κ1) is 17.8. The van der Waals surface area contributed by atoms with Gasteiger partial charge in [-0.15, -0.1) is 0 Å². The van der Waals surface area contributed by atoms with Crippen molar-refractivity contribution in [3.63, 3.8) is 0 Å². The summed E-state index contributed by atoms with van der Waals surface area (Å²) in [4.78, 5) is 14.3. The maximum atomic E-state index is 14.2. The smallest absolute Gasteiger partial charge is 0.262 e. The SMILES string of the molecule is O=C(COc1ccc(Cl)cc1Cl)Nc1c(F)cccc1N1CCCC1. The van der Waals surface area contributed by atoms with Crippen LogP contribution in [-0.4, -0.2) is 25.6 Å². The third-order valence-corrected chi connectivity index (χ3v) is 4.49. The molecule has 0 aromatic heterocycles. The third-order valence-electron chi connectivity index (χ3n) is 3.96. The van der Waals surface area contributed by atoms with Gasteiger partial charge >= 0.3 is 0 Å². The molecular formula is C18H17Cl2FN2O2. The highest BCUT2D eigenvalue weighted by molar-refractivity contribution is 6.35. The summed E-state index contributed by atoms with van der Waals surface area (Å²) in [6.45, 7) is 1.42. The van der Waals surface area contributed by atoms with Crippen molar-refractivity contribution < 1.29 is 13.9 Å². The van der Waals surface area contributed by atoms with E-state index in [1.807, 2.05) is 0 Å². The molecule has 0 saturated carbocycles. The Bertz CT molecular complexity index is 780. The molecule has 1 fully saturated rings. The van der Waals surface area contributed by atoms with Crippen molar-refractivity contribution in [2.45, 2.75) is 12.8 Å². The average molecular weight is 383 g/mol. The Morgan fingerprint density at radius 2 is 1.96 bits per heavy atom. The van der Waals surface area contributed by atoms with Crippen LogP contribution in [0.1, 0.15) is 12.8 Å². The summed E-state index contributed by atoms with van der Waals surface area (Å²) >= 11 is 11.8. The summed E-state index contributed by atoms with van der Waals surface area (Å²) in [5.74, 6) is -0.589. The van der Waals surface area contributed by atoms with E-state index in [2.05, 4.69) is 10.2 Å². The van der Waals surface area contributed by atoms with Crippen molar-refractivity contribution in [3.8, 4) is 5.75 Å². The van der Waals surface area contributed by atoms with Crippen LogP contribution < -0.4 is 15.0 Å². The molecule has 7 heteroatoms. The molecule has 0 aliphatic carbocycles. The predicted molar refractivity (Wildman–Crippen MR) is 98.4 cm³/mol. The Balaban J connectivity index is 1.68. The van der Waals surface area contributed by atoms with Crippen LogP contribution in [0.5, 0.6) is 5.75 Å². The second-order valence-electron chi connectivity index (χ2n) is 5.74. The number of para-hydroxylation sites is 1. The van der Waals surface area contributed by atoms with E-state index in [1.54, 1.807) is 24.3 Å². The Kier molecular flexibility index (Phi) is 5.66. The minimum atomic E-state index is -0.470. The molecule has 1 aliphatic rings.